The summed E-state index contributed by atoms with van der Waals surface area (Å²) in [6, 6.07) is 9.97. The summed E-state index contributed by atoms with van der Waals surface area (Å²) in [5.74, 6) is 1.99. The zero-order chi connectivity index (χ0) is 23.8. The van der Waals surface area contributed by atoms with Crippen LogP contribution < -0.4 is 5.32 Å². The van der Waals surface area contributed by atoms with Gasteiger partial charge in [-0.15, -0.1) is 0 Å². The van der Waals surface area contributed by atoms with Crippen molar-refractivity contribution >= 4 is 40.3 Å². The Hall–Kier alpha value is -3.56. The Morgan fingerprint density at radius 2 is 1.91 bits per heavy atom. The van der Waals surface area contributed by atoms with E-state index in [1.807, 2.05) is 41.4 Å². The van der Waals surface area contributed by atoms with Crippen LogP contribution in [0.4, 0.5) is 11.8 Å². The zero-order valence-electron chi connectivity index (χ0n) is 19.1. The molecule has 0 bridgehead atoms. The number of rotatable bonds is 6. The Morgan fingerprint density at radius 1 is 1.06 bits per heavy atom. The van der Waals surface area contributed by atoms with E-state index >= 15 is 0 Å². The molecule has 1 saturated heterocycles. The van der Waals surface area contributed by atoms with Gasteiger partial charge in [0, 0.05) is 50.4 Å². The highest BCUT2D eigenvalue weighted by molar-refractivity contribution is 6.29. The van der Waals surface area contributed by atoms with Gasteiger partial charge in [0.05, 0.1) is 29.1 Å². The van der Waals surface area contributed by atoms with Crippen LogP contribution in [0.5, 0.6) is 0 Å². The number of H-pyrrole nitrogens is 1. The van der Waals surface area contributed by atoms with Gasteiger partial charge >= 0.3 is 0 Å². The molecule has 0 spiro atoms. The lowest BCUT2D eigenvalue weighted by Crippen LogP contribution is -2.48. The van der Waals surface area contributed by atoms with Crippen LogP contribution in [0.25, 0.3) is 22.3 Å². The fourth-order valence-corrected chi connectivity index (χ4v) is 4.52. The minimum atomic E-state index is 0.298. The maximum atomic E-state index is 12.3. The van der Waals surface area contributed by atoms with Crippen molar-refractivity contribution in [2.45, 2.75) is 19.4 Å². The van der Waals surface area contributed by atoms with Crippen molar-refractivity contribution in [2.75, 3.05) is 31.5 Å². The van der Waals surface area contributed by atoms with E-state index in [-0.39, 0.29) is 0 Å². The molecule has 4 heterocycles. The number of halogens is 1. The van der Waals surface area contributed by atoms with Crippen molar-refractivity contribution in [1.82, 2.24) is 34.7 Å². The van der Waals surface area contributed by atoms with E-state index < -0.39 is 0 Å². The smallest absolute Gasteiger partial charge is 0.225 e. The number of amides is 1. The molecular formula is C25H25ClN8O. The molecule has 2 N–H and O–H groups in total. The monoisotopic (exact) mass is 488 g/mol. The lowest BCUT2D eigenvalue weighted by molar-refractivity contribution is -0.134. The van der Waals surface area contributed by atoms with Crippen LogP contribution in [-0.2, 0) is 11.3 Å². The molecule has 0 unspecified atom stereocenters. The first-order chi connectivity index (χ1) is 17.1. The molecule has 9 nitrogen and oxygen atoms in total. The minimum Gasteiger partial charge on any atom is -0.340 e. The van der Waals surface area contributed by atoms with E-state index in [1.54, 1.807) is 6.20 Å². The van der Waals surface area contributed by atoms with E-state index in [0.29, 0.717) is 22.9 Å². The van der Waals surface area contributed by atoms with Crippen LogP contribution in [0.15, 0.2) is 48.9 Å². The molecule has 2 aliphatic rings. The summed E-state index contributed by atoms with van der Waals surface area (Å²) in [6.45, 7) is 4.25. The Kier molecular flexibility index (Phi) is 5.79. The first-order valence-electron chi connectivity index (χ1n) is 11.8. The van der Waals surface area contributed by atoms with Crippen molar-refractivity contribution in [3.8, 4) is 11.3 Å². The highest BCUT2D eigenvalue weighted by atomic mass is 35.5. The molecule has 35 heavy (non-hydrogen) atoms. The van der Waals surface area contributed by atoms with Gasteiger partial charge in [0.1, 0.15) is 11.0 Å². The number of benzene rings is 1. The lowest BCUT2D eigenvalue weighted by Gasteiger charge is -2.34. The molecule has 3 aromatic heterocycles. The van der Waals surface area contributed by atoms with Crippen LogP contribution in [0, 0.1) is 5.92 Å². The fourth-order valence-electron chi connectivity index (χ4n) is 4.42. The van der Waals surface area contributed by atoms with Gasteiger partial charge in [0.2, 0.25) is 11.9 Å². The molecule has 1 aromatic carbocycles. The standard InChI is InChI=1S/C25H25ClN8O/c26-22-14-28-21(13-29-22)18-3-4-19-20(12-18)31-25(30-19)32-23-11-16(5-6-27-23)15-33-7-9-34(10-8-33)24(35)17-1-2-17/h3-6,11-14,17H,1-2,7-10,15H2,(H2,27,30,31,32). The van der Waals surface area contributed by atoms with Gasteiger partial charge in [-0.25, -0.2) is 15.0 Å². The molecule has 6 rings (SSSR count). The molecule has 4 aromatic rings. The number of imidazole rings is 1. The van der Waals surface area contributed by atoms with Crippen LogP contribution in [0.3, 0.4) is 0 Å². The maximum Gasteiger partial charge on any atom is 0.225 e. The maximum absolute atomic E-state index is 12.3. The van der Waals surface area contributed by atoms with E-state index in [4.69, 9.17) is 11.6 Å². The van der Waals surface area contributed by atoms with Crippen LogP contribution >= 0.6 is 11.6 Å². The molecule has 178 valence electrons. The van der Waals surface area contributed by atoms with Crippen molar-refractivity contribution < 1.29 is 4.79 Å². The average Bonchev–Trinajstić information content (AvgIpc) is 3.64. The van der Waals surface area contributed by atoms with E-state index in [9.17, 15) is 4.79 Å². The summed E-state index contributed by atoms with van der Waals surface area (Å²) in [7, 11) is 0. The van der Waals surface area contributed by atoms with Gasteiger partial charge < -0.3 is 15.2 Å². The predicted octanol–water partition coefficient (Wildman–Crippen LogP) is 3.87. The normalized spacial score (nSPS) is 16.5. The summed E-state index contributed by atoms with van der Waals surface area (Å²) in [6.07, 6.45) is 7.13. The number of carbonyl (C=O) groups excluding carboxylic acids is 1. The van der Waals surface area contributed by atoms with Crippen molar-refractivity contribution in [1.29, 1.82) is 0 Å². The first kappa shape index (κ1) is 21.9. The predicted molar refractivity (Wildman–Crippen MR) is 134 cm³/mol. The lowest BCUT2D eigenvalue weighted by atomic mass is 10.1. The summed E-state index contributed by atoms with van der Waals surface area (Å²) in [4.78, 5) is 37.5. The number of carbonyl (C=O) groups is 1. The minimum absolute atomic E-state index is 0.298. The second-order valence-corrected chi connectivity index (χ2v) is 9.48. The largest absolute Gasteiger partial charge is 0.340 e. The van der Waals surface area contributed by atoms with E-state index in [2.05, 4.69) is 35.1 Å². The first-order valence-corrected chi connectivity index (χ1v) is 12.2. The van der Waals surface area contributed by atoms with E-state index in [1.165, 1.54) is 11.8 Å². The fraction of sp³-hybridized carbons (Fsp3) is 0.320. The van der Waals surface area contributed by atoms with Crippen LogP contribution in [0.2, 0.25) is 5.15 Å². The number of nitrogens with one attached hydrogen (secondary N) is 2. The number of pyridine rings is 1. The molecule has 0 atom stereocenters. The summed E-state index contributed by atoms with van der Waals surface area (Å²) >= 11 is 5.85. The molecule has 1 saturated carbocycles. The summed E-state index contributed by atoms with van der Waals surface area (Å²) in [5, 5.41) is 3.65. The molecule has 1 aliphatic carbocycles. The van der Waals surface area contributed by atoms with Crippen molar-refractivity contribution in [2.24, 2.45) is 5.92 Å². The van der Waals surface area contributed by atoms with Gasteiger partial charge in [-0.3, -0.25) is 14.7 Å². The number of hydrogen-bond donors (Lipinski definition) is 2. The third-order valence-electron chi connectivity index (χ3n) is 6.49. The molecule has 1 amide bonds. The average molecular weight is 489 g/mol. The van der Waals surface area contributed by atoms with Crippen molar-refractivity contribution in [3.63, 3.8) is 0 Å². The Morgan fingerprint density at radius 3 is 2.69 bits per heavy atom. The molecule has 0 radical (unpaired) electrons. The number of nitrogens with zero attached hydrogens (tertiary/aromatic N) is 6. The third kappa shape index (κ3) is 4.96. The SMILES string of the molecule is O=C(C1CC1)N1CCN(Cc2ccnc(Nc3nc4ccc(-c5cnc(Cl)cn5)cc4[nH]3)c2)CC1. The van der Waals surface area contributed by atoms with Gasteiger partial charge in [-0.1, -0.05) is 17.7 Å². The topological polar surface area (TPSA) is 103 Å². The second kappa shape index (κ2) is 9.24. The Bertz CT molecular complexity index is 1360. The highest BCUT2D eigenvalue weighted by Crippen LogP contribution is 2.31. The molecule has 10 heteroatoms. The quantitative estimate of drug-likeness (QED) is 0.424. The number of hydrogen-bond acceptors (Lipinski definition) is 7. The molecule has 1 aliphatic heterocycles. The van der Waals surface area contributed by atoms with Crippen LogP contribution in [0.1, 0.15) is 18.4 Å². The summed E-state index contributed by atoms with van der Waals surface area (Å²) in [5.41, 5.74) is 4.57. The molecular weight excluding hydrogens is 464 g/mol. The van der Waals surface area contributed by atoms with Gasteiger partial charge in [-0.2, -0.15) is 0 Å². The second-order valence-electron chi connectivity index (χ2n) is 9.09. The Balaban J connectivity index is 1.11. The van der Waals surface area contributed by atoms with Crippen LogP contribution in [-0.4, -0.2) is 66.8 Å². The van der Waals surface area contributed by atoms with Gasteiger partial charge in [-0.05, 0) is 42.7 Å². The highest BCUT2D eigenvalue weighted by Gasteiger charge is 2.34. The van der Waals surface area contributed by atoms with Gasteiger partial charge in [0.25, 0.3) is 0 Å². The summed E-state index contributed by atoms with van der Waals surface area (Å²) < 4.78 is 0. The third-order valence-corrected chi connectivity index (χ3v) is 6.68. The molecule has 2 fully saturated rings. The number of aromatic amines is 1. The van der Waals surface area contributed by atoms with E-state index in [0.717, 1.165) is 73.7 Å². The van der Waals surface area contributed by atoms with Gasteiger partial charge in [0.15, 0.2) is 0 Å². The Labute approximate surface area is 207 Å². The van der Waals surface area contributed by atoms with Crippen molar-refractivity contribution in [3.05, 3.63) is 59.6 Å². The number of anilines is 2. The number of piperazine rings is 1. The zero-order valence-corrected chi connectivity index (χ0v) is 19.9. The number of aromatic nitrogens is 5. The number of fused-ring (bicyclic) bond motifs is 1.